The highest BCUT2D eigenvalue weighted by molar-refractivity contribution is 5.42. The topological polar surface area (TPSA) is 99.4 Å². The quantitative estimate of drug-likeness (QED) is 0.119. The number of hydrogen-bond donors (Lipinski definition) is 4. The summed E-state index contributed by atoms with van der Waals surface area (Å²) in [5.74, 6) is 0. The molecule has 6 nitrogen and oxygen atoms in total. The summed E-state index contributed by atoms with van der Waals surface area (Å²) in [6, 6.07) is 0. The molecule has 5 atom stereocenters. The summed E-state index contributed by atoms with van der Waals surface area (Å²) in [5, 5.41) is 39.7. The Balaban J connectivity index is 1.82. The Kier molecular flexibility index (Phi) is 18.7. The minimum absolute atomic E-state index is 0.177. The van der Waals surface area contributed by atoms with Crippen LogP contribution in [0.1, 0.15) is 82.1 Å². The molecule has 4 N–H and O–H groups in total. The standard InChI is InChI=1S/C46H64O6/c1-33(18-11-12-19-34(2)21-15-25-37(5)28-29-39-38(6)27-17-30-45(39,7)8)20-13-22-35(3)23-14-24-36(4)26-16-31-46(9,10)52-44-43(50)42(49)41(48)40(32-47)51-44/h11-29,40-44,47-50H,30-32H2,1-10H3. The number of aliphatic hydroxyl groups is 4. The van der Waals surface area contributed by atoms with Crippen LogP contribution in [0.3, 0.4) is 0 Å². The normalized spacial score (nSPS) is 26.3. The minimum atomic E-state index is -1.47. The highest BCUT2D eigenvalue weighted by atomic mass is 16.7. The molecule has 0 radical (unpaired) electrons. The van der Waals surface area contributed by atoms with Crippen LogP contribution in [0, 0.1) is 5.41 Å². The van der Waals surface area contributed by atoms with Crippen LogP contribution in [-0.2, 0) is 9.47 Å². The lowest BCUT2D eigenvalue weighted by Crippen LogP contribution is -2.60. The molecule has 0 aromatic heterocycles. The molecule has 0 bridgehead atoms. The van der Waals surface area contributed by atoms with Gasteiger partial charge in [-0.2, -0.15) is 0 Å². The van der Waals surface area contributed by atoms with Crippen molar-refractivity contribution < 1.29 is 29.9 Å². The molecule has 1 aliphatic carbocycles. The van der Waals surface area contributed by atoms with Crippen molar-refractivity contribution in [1.82, 2.24) is 0 Å². The van der Waals surface area contributed by atoms with Crippen molar-refractivity contribution in [3.05, 3.63) is 154 Å². The van der Waals surface area contributed by atoms with E-state index < -0.39 is 42.9 Å². The summed E-state index contributed by atoms with van der Waals surface area (Å²) in [4.78, 5) is 0. The second-order valence-corrected chi connectivity index (χ2v) is 15.1. The molecule has 1 saturated heterocycles. The zero-order valence-electron chi connectivity index (χ0n) is 33.1. The van der Waals surface area contributed by atoms with Gasteiger partial charge in [-0.05, 0) is 84.8 Å². The lowest BCUT2D eigenvalue weighted by atomic mass is 9.75. The predicted molar refractivity (Wildman–Crippen MR) is 217 cm³/mol. The SMILES string of the molecule is CC(C=CC=C(C)C=CC=C(C)C=CCC(C)(C)OC1OC(CO)C(O)C(O)C1O)=CC=CC=C(C)C=CC=C(C)C=CC1=C(C)C=CCC1(C)C. The van der Waals surface area contributed by atoms with Crippen molar-refractivity contribution in [2.24, 2.45) is 5.41 Å². The second-order valence-electron chi connectivity index (χ2n) is 15.1. The van der Waals surface area contributed by atoms with E-state index in [9.17, 15) is 20.4 Å². The van der Waals surface area contributed by atoms with E-state index in [0.29, 0.717) is 6.42 Å². The molecule has 0 amide bonds. The Bertz CT molecular complexity index is 1580. The number of rotatable bonds is 16. The fourth-order valence-electron chi connectivity index (χ4n) is 5.64. The lowest BCUT2D eigenvalue weighted by molar-refractivity contribution is -0.322. The van der Waals surface area contributed by atoms with E-state index in [1.807, 2.05) is 51.2 Å². The molecule has 2 rings (SSSR count). The van der Waals surface area contributed by atoms with Crippen molar-refractivity contribution in [3.8, 4) is 0 Å². The highest BCUT2D eigenvalue weighted by Crippen LogP contribution is 2.37. The van der Waals surface area contributed by atoms with Crippen LogP contribution in [0.2, 0.25) is 0 Å². The Morgan fingerprint density at radius 2 is 1.23 bits per heavy atom. The third-order valence-corrected chi connectivity index (χ3v) is 8.92. The average molecular weight is 713 g/mol. The molecule has 0 aromatic carbocycles. The van der Waals surface area contributed by atoms with Gasteiger partial charge >= 0.3 is 0 Å². The van der Waals surface area contributed by atoms with Gasteiger partial charge < -0.3 is 29.9 Å². The summed E-state index contributed by atoms with van der Waals surface area (Å²) in [6.45, 7) is 20.4. The summed E-state index contributed by atoms with van der Waals surface area (Å²) in [7, 11) is 0. The summed E-state index contributed by atoms with van der Waals surface area (Å²) >= 11 is 0. The first-order valence-corrected chi connectivity index (χ1v) is 18.2. The summed E-state index contributed by atoms with van der Waals surface area (Å²) in [6.07, 6.45) is 35.0. The van der Waals surface area contributed by atoms with Crippen molar-refractivity contribution in [3.63, 3.8) is 0 Å². The number of hydrogen-bond acceptors (Lipinski definition) is 6. The average Bonchev–Trinajstić information content (AvgIpc) is 3.06. The minimum Gasteiger partial charge on any atom is -0.394 e. The van der Waals surface area contributed by atoms with E-state index in [-0.39, 0.29) is 5.41 Å². The lowest BCUT2D eigenvalue weighted by Gasteiger charge is -2.42. The zero-order chi connectivity index (χ0) is 38.9. The van der Waals surface area contributed by atoms with E-state index in [1.54, 1.807) is 0 Å². The third-order valence-electron chi connectivity index (χ3n) is 8.92. The molecule has 6 heteroatoms. The molecule has 1 aliphatic heterocycles. The Labute approximate surface area is 314 Å². The molecule has 0 aromatic rings. The molecule has 0 saturated carbocycles. The molecular formula is C46H64O6. The molecule has 1 fully saturated rings. The monoisotopic (exact) mass is 712 g/mol. The number of aliphatic hydroxyl groups excluding tert-OH is 4. The number of ether oxygens (including phenoxy) is 2. The summed E-state index contributed by atoms with van der Waals surface area (Å²) in [5.41, 5.74) is 7.93. The van der Waals surface area contributed by atoms with Crippen molar-refractivity contribution in [2.45, 2.75) is 118 Å². The largest absolute Gasteiger partial charge is 0.394 e. The van der Waals surface area contributed by atoms with Crippen LogP contribution in [-0.4, -0.2) is 63.3 Å². The van der Waals surface area contributed by atoms with E-state index in [2.05, 4.69) is 134 Å². The molecular weight excluding hydrogens is 648 g/mol. The van der Waals surface area contributed by atoms with Gasteiger partial charge in [0.05, 0.1) is 12.2 Å². The van der Waals surface area contributed by atoms with Gasteiger partial charge in [-0.3, -0.25) is 0 Å². The van der Waals surface area contributed by atoms with E-state index >= 15 is 0 Å². The smallest absolute Gasteiger partial charge is 0.187 e. The van der Waals surface area contributed by atoms with Gasteiger partial charge in [-0.1, -0.05) is 157 Å². The van der Waals surface area contributed by atoms with Gasteiger partial charge in [0.1, 0.15) is 24.4 Å². The number of allylic oxidation sites excluding steroid dienone is 25. The van der Waals surface area contributed by atoms with Gasteiger partial charge in [0, 0.05) is 0 Å². The van der Waals surface area contributed by atoms with Crippen LogP contribution < -0.4 is 0 Å². The molecule has 5 unspecified atom stereocenters. The maximum Gasteiger partial charge on any atom is 0.187 e. The van der Waals surface area contributed by atoms with Gasteiger partial charge in [-0.25, -0.2) is 0 Å². The van der Waals surface area contributed by atoms with Gasteiger partial charge in [0.15, 0.2) is 6.29 Å². The van der Waals surface area contributed by atoms with Crippen molar-refractivity contribution in [2.75, 3.05) is 6.61 Å². The van der Waals surface area contributed by atoms with Gasteiger partial charge in [0.25, 0.3) is 0 Å². The Morgan fingerprint density at radius 3 is 1.73 bits per heavy atom. The van der Waals surface area contributed by atoms with Crippen LogP contribution in [0.25, 0.3) is 0 Å². The van der Waals surface area contributed by atoms with Crippen LogP contribution in [0.4, 0.5) is 0 Å². The maximum atomic E-state index is 10.3. The molecule has 1 heterocycles. The fraction of sp³-hybridized carbons (Fsp3) is 0.435. The highest BCUT2D eigenvalue weighted by Gasteiger charge is 2.45. The Hall–Kier alpha value is -3.62. The first-order valence-electron chi connectivity index (χ1n) is 18.2. The second kappa shape index (κ2) is 21.8. The van der Waals surface area contributed by atoms with Crippen LogP contribution in [0.15, 0.2) is 154 Å². The predicted octanol–water partition coefficient (Wildman–Crippen LogP) is 9.34. The van der Waals surface area contributed by atoms with E-state index in [4.69, 9.17) is 9.47 Å². The first-order chi connectivity index (χ1) is 24.5. The fourth-order valence-corrected chi connectivity index (χ4v) is 5.64. The van der Waals surface area contributed by atoms with Crippen LogP contribution in [0.5, 0.6) is 0 Å². The van der Waals surface area contributed by atoms with E-state index in [1.165, 1.54) is 22.3 Å². The van der Waals surface area contributed by atoms with Gasteiger partial charge in [-0.15, -0.1) is 0 Å². The molecule has 284 valence electrons. The zero-order valence-corrected chi connectivity index (χ0v) is 33.1. The molecule has 52 heavy (non-hydrogen) atoms. The van der Waals surface area contributed by atoms with Crippen molar-refractivity contribution in [1.29, 1.82) is 0 Å². The van der Waals surface area contributed by atoms with Crippen molar-refractivity contribution >= 4 is 0 Å². The van der Waals surface area contributed by atoms with E-state index in [0.717, 1.165) is 23.1 Å². The molecule has 2 aliphatic rings. The van der Waals surface area contributed by atoms with Gasteiger partial charge in [0.2, 0.25) is 0 Å². The molecule has 0 spiro atoms. The first kappa shape index (κ1) is 44.5. The third kappa shape index (κ3) is 16.0. The van der Waals surface area contributed by atoms with Crippen LogP contribution >= 0.6 is 0 Å². The summed E-state index contributed by atoms with van der Waals surface area (Å²) < 4.78 is 11.4. The maximum absolute atomic E-state index is 10.3. The Morgan fingerprint density at radius 1 is 0.750 bits per heavy atom.